The third-order valence-electron chi connectivity index (χ3n) is 3.24. The number of benzene rings is 1. The van der Waals surface area contributed by atoms with Gasteiger partial charge < -0.3 is 5.32 Å². The molecule has 22 heavy (non-hydrogen) atoms. The Bertz CT molecular complexity index is 622. The van der Waals surface area contributed by atoms with E-state index in [1.807, 2.05) is 36.4 Å². The Balaban J connectivity index is 3.13. The van der Waals surface area contributed by atoms with Gasteiger partial charge in [-0.05, 0) is 23.6 Å². The zero-order valence-electron chi connectivity index (χ0n) is 13.2. The van der Waals surface area contributed by atoms with Crippen molar-refractivity contribution in [3.8, 4) is 0 Å². The van der Waals surface area contributed by atoms with Gasteiger partial charge in [-0.1, -0.05) is 61.7 Å². The molecule has 3 nitrogen and oxygen atoms in total. The lowest BCUT2D eigenvalue weighted by molar-refractivity contribution is -0.105. The lowest BCUT2D eigenvalue weighted by atomic mass is 9.97. The van der Waals surface area contributed by atoms with Gasteiger partial charge >= 0.3 is 0 Å². The van der Waals surface area contributed by atoms with E-state index >= 15 is 0 Å². The van der Waals surface area contributed by atoms with Crippen LogP contribution in [0.5, 0.6) is 0 Å². The second-order valence-electron chi connectivity index (χ2n) is 4.55. The van der Waals surface area contributed by atoms with E-state index in [4.69, 9.17) is 0 Å². The molecule has 0 aliphatic rings. The van der Waals surface area contributed by atoms with E-state index in [2.05, 4.69) is 23.5 Å². The maximum absolute atomic E-state index is 10.9. The first-order chi connectivity index (χ1) is 10.7. The molecule has 0 amide bonds. The van der Waals surface area contributed by atoms with Gasteiger partial charge in [0.1, 0.15) is 5.84 Å². The molecule has 1 N–H and O–H groups in total. The van der Waals surface area contributed by atoms with Crippen molar-refractivity contribution < 1.29 is 4.79 Å². The number of aldehydes is 1. The normalized spacial score (nSPS) is 13.2. The van der Waals surface area contributed by atoms with Crippen LogP contribution in [-0.2, 0) is 4.79 Å². The fraction of sp³-hybridized carbons (Fsp3) is 0.158. The molecule has 1 aromatic carbocycles. The fourth-order valence-corrected chi connectivity index (χ4v) is 2.03. The summed E-state index contributed by atoms with van der Waals surface area (Å²) in [5, 5.41) is 3.03. The average molecular weight is 294 g/mol. The number of hydrogen-bond donors (Lipinski definition) is 1. The maximum Gasteiger partial charge on any atom is 0.165 e. The molecule has 0 radical (unpaired) electrons. The van der Waals surface area contributed by atoms with Crippen LogP contribution < -0.4 is 5.32 Å². The number of aliphatic imine (C=N–C) groups is 1. The zero-order chi connectivity index (χ0) is 16.4. The van der Waals surface area contributed by atoms with Crippen molar-refractivity contribution in [1.82, 2.24) is 5.32 Å². The third-order valence-corrected chi connectivity index (χ3v) is 3.24. The van der Waals surface area contributed by atoms with E-state index < -0.39 is 0 Å². The smallest absolute Gasteiger partial charge is 0.165 e. The molecule has 0 unspecified atom stereocenters. The standard InChI is InChI=1S/C19H22N2O/c1-5-15(13-19(20-4)21-17(6-2)14-22)18(7-3)16-11-9-8-10-12-16/h5-12,14H,1,3,13H2,2,4H3,(H,20,21)/b17-6+,18-15-. The highest BCUT2D eigenvalue weighted by Crippen LogP contribution is 2.23. The summed E-state index contributed by atoms with van der Waals surface area (Å²) >= 11 is 0. The Kier molecular flexibility index (Phi) is 7.34. The Morgan fingerprint density at radius 2 is 1.91 bits per heavy atom. The summed E-state index contributed by atoms with van der Waals surface area (Å²) in [7, 11) is 1.69. The first-order valence-corrected chi connectivity index (χ1v) is 7.07. The number of allylic oxidation sites excluding steroid dienone is 5. The summed E-state index contributed by atoms with van der Waals surface area (Å²) in [5.41, 5.74) is 3.57. The van der Waals surface area contributed by atoms with Crippen molar-refractivity contribution in [2.75, 3.05) is 7.05 Å². The summed E-state index contributed by atoms with van der Waals surface area (Å²) in [6, 6.07) is 9.99. The molecule has 0 spiro atoms. The van der Waals surface area contributed by atoms with Crippen LogP contribution in [0.25, 0.3) is 5.57 Å². The number of amidine groups is 1. The van der Waals surface area contributed by atoms with Crippen LogP contribution in [0.15, 0.2) is 78.0 Å². The Hall–Kier alpha value is -2.68. The quantitative estimate of drug-likeness (QED) is 0.272. The van der Waals surface area contributed by atoms with Gasteiger partial charge in [-0.2, -0.15) is 0 Å². The number of hydrogen-bond acceptors (Lipinski definition) is 2. The van der Waals surface area contributed by atoms with Crippen LogP contribution in [0.2, 0.25) is 0 Å². The minimum absolute atomic E-state index is 0.490. The summed E-state index contributed by atoms with van der Waals surface area (Å²) in [4.78, 5) is 15.1. The predicted molar refractivity (Wildman–Crippen MR) is 94.7 cm³/mol. The third kappa shape index (κ3) is 4.70. The summed E-state index contributed by atoms with van der Waals surface area (Å²) in [6.07, 6.45) is 6.64. The Morgan fingerprint density at radius 3 is 2.36 bits per heavy atom. The van der Waals surface area contributed by atoms with Crippen LogP contribution in [0.1, 0.15) is 18.9 Å². The van der Waals surface area contributed by atoms with E-state index in [1.165, 1.54) is 0 Å². The number of carbonyl (C=O) groups excluding carboxylic acids is 1. The van der Waals surface area contributed by atoms with E-state index in [9.17, 15) is 4.79 Å². The van der Waals surface area contributed by atoms with Gasteiger partial charge in [-0.25, -0.2) is 0 Å². The van der Waals surface area contributed by atoms with E-state index in [-0.39, 0.29) is 0 Å². The van der Waals surface area contributed by atoms with E-state index in [1.54, 1.807) is 26.1 Å². The van der Waals surface area contributed by atoms with Crippen molar-refractivity contribution in [3.63, 3.8) is 0 Å². The van der Waals surface area contributed by atoms with Gasteiger partial charge in [0.25, 0.3) is 0 Å². The molecule has 0 fully saturated rings. The van der Waals surface area contributed by atoms with Crippen molar-refractivity contribution >= 4 is 17.7 Å². The molecule has 3 heteroatoms. The first-order valence-electron chi connectivity index (χ1n) is 7.07. The monoisotopic (exact) mass is 294 g/mol. The lowest BCUT2D eigenvalue weighted by Crippen LogP contribution is -2.24. The first kappa shape index (κ1) is 17.4. The minimum Gasteiger partial charge on any atom is -0.341 e. The zero-order valence-corrected chi connectivity index (χ0v) is 13.2. The molecule has 0 saturated carbocycles. The van der Waals surface area contributed by atoms with Gasteiger partial charge in [0.2, 0.25) is 0 Å². The number of rotatable bonds is 7. The molecule has 0 aliphatic carbocycles. The SMILES string of the molecule is C=C/C(CC(=NC)N/C(C=O)=C/C)=C(\C=C)c1ccccc1. The van der Waals surface area contributed by atoms with Crippen LogP contribution in [0.3, 0.4) is 0 Å². The highest BCUT2D eigenvalue weighted by atomic mass is 16.1. The molecule has 0 aromatic heterocycles. The van der Waals surface area contributed by atoms with Crippen molar-refractivity contribution in [2.24, 2.45) is 4.99 Å². The van der Waals surface area contributed by atoms with Gasteiger partial charge in [0.15, 0.2) is 6.29 Å². The molecule has 1 rings (SSSR count). The number of nitrogens with zero attached hydrogens (tertiary/aromatic N) is 1. The average Bonchev–Trinajstić information content (AvgIpc) is 2.58. The summed E-state index contributed by atoms with van der Waals surface area (Å²) < 4.78 is 0. The van der Waals surface area contributed by atoms with Crippen molar-refractivity contribution in [2.45, 2.75) is 13.3 Å². The van der Waals surface area contributed by atoms with Crippen LogP contribution in [0, 0.1) is 0 Å². The van der Waals surface area contributed by atoms with Crippen LogP contribution >= 0.6 is 0 Å². The highest BCUT2D eigenvalue weighted by molar-refractivity contribution is 5.93. The van der Waals surface area contributed by atoms with E-state index in [0.717, 1.165) is 23.0 Å². The summed E-state index contributed by atoms with van der Waals surface area (Å²) in [6.45, 7) is 9.59. The van der Waals surface area contributed by atoms with Crippen LogP contribution in [-0.4, -0.2) is 19.2 Å². The molecule has 0 heterocycles. The van der Waals surface area contributed by atoms with Gasteiger partial charge in [0, 0.05) is 13.5 Å². The predicted octanol–water partition coefficient (Wildman–Crippen LogP) is 3.92. The maximum atomic E-state index is 10.9. The minimum atomic E-state index is 0.490. The molecule has 0 saturated heterocycles. The Morgan fingerprint density at radius 1 is 1.23 bits per heavy atom. The molecule has 0 aliphatic heterocycles. The molecule has 0 atom stereocenters. The molecule has 1 aromatic rings. The Labute approximate surface area is 132 Å². The van der Waals surface area contributed by atoms with Crippen LogP contribution in [0.4, 0.5) is 0 Å². The molecule has 0 bridgehead atoms. The van der Waals surface area contributed by atoms with Gasteiger partial charge in [-0.15, -0.1) is 0 Å². The van der Waals surface area contributed by atoms with E-state index in [0.29, 0.717) is 18.0 Å². The van der Waals surface area contributed by atoms with Gasteiger partial charge in [0.05, 0.1) is 5.70 Å². The topological polar surface area (TPSA) is 41.5 Å². The largest absolute Gasteiger partial charge is 0.341 e. The second kappa shape index (κ2) is 9.29. The second-order valence-corrected chi connectivity index (χ2v) is 4.55. The van der Waals surface area contributed by atoms with Crippen molar-refractivity contribution in [1.29, 1.82) is 0 Å². The number of carbonyl (C=O) groups is 1. The fourth-order valence-electron chi connectivity index (χ4n) is 2.03. The molecular formula is C19H22N2O. The number of nitrogens with one attached hydrogen (secondary N) is 1. The lowest BCUT2D eigenvalue weighted by Gasteiger charge is -2.13. The molecule has 114 valence electrons. The summed E-state index contributed by atoms with van der Waals surface area (Å²) in [5.74, 6) is 0.699. The highest BCUT2D eigenvalue weighted by Gasteiger charge is 2.08. The van der Waals surface area contributed by atoms with Gasteiger partial charge in [-0.3, -0.25) is 9.79 Å². The molecular weight excluding hydrogens is 272 g/mol. The van der Waals surface area contributed by atoms with Crippen molar-refractivity contribution in [3.05, 3.63) is 78.6 Å².